The molecule has 2 aromatic heterocycles. The first-order valence-corrected chi connectivity index (χ1v) is 8.34. The van der Waals surface area contributed by atoms with E-state index in [1.165, 1.54) is 24.8 Å². The Morgan fingerprint density at radius 1 is 1.31 bits per heavy atom. The summed E-state index contributed by atoms with van der Waals surface area (Å²) in [6.45, 7) is 3.67. The van der Waals surface area contributed by atoms with Gasteiger partial charge in [0.25, 0.3) is 6.43 Å². The number of hydrogen-bond acceptors (Lipinski definition) is 7. The molecule has 2 aromatic rings. The summed E-state index contributed by atoms with van der Waals surface area (Å²) in [6.07, 6.45) is 2.24. The van der Waals surface area contributed by atoms with Crippen LogP contribution in [0.4, 0.5) is 14.6 Å². The monoisotopic (exact) mass is 361 g/mol. The van der Waals surface area contributed by atoms with Crippen molar-refractivity contribution in [2.45, 2.75) is 25.8 Å². The highest BCUT2D eigenvalue weighted by molar-refractivity contribution is 5.74. The summed E-state index contributed by atoms with van der Waals surface area (Å²) >= 11 is 0. The molecule has 0 saturated carbocycles. The number of nitrogens with two attached hydrogens (primary N) is 2. The molecule has 3 heterocycles. The number of alkyl halides is 2. The van der Waals surface area contributed by atoms with E-state index >= 15 is 0 Å². The molecule has 1 fully saturated rings. The fraction of sp³-hybridized carbons (Fsp3) is 0.412. The van der Waals surface area contributed by atoms with Crippen LogP contribution in [0.1, 0.15) is 37.0 Å². The lowest BCUT2D eigenvalue weighted by atomic mass is 9.96. The predicted octanol–water partition coefficient (Wildman–Crippen LogP) is 1.73. The highest BCUT2D eigenvalue weighted by atomic mass is 19.3. The minimum atomic E-state index is -2.69. The second-order valence-electron chi connectivity index (χ2n) is 6.45. The van der Waals surface area contributed by atoms with Crippen LogP contribution in [0.25, 0.3) is 5.57 Å². The molecule has 3 rings (SSSR count). The van der Waals surface area contributed by atoms with Crippen LogP contribution in [-0.4, -0.2) is 39.1 Å². The topological polar surface area (TPSA) is 107 Å². The van der Waals surface area contributed by atoms with Crippen molar-refractivity contribution in [1.29, 1.82) is 0 Å². The zero-order chi connectivity index (χ0) is 18.7. The van der Waals surface area contributed by atoms with Crippen molar-refractivity contribution in [2.75, 3.05) is 18.0 Å². The molecule has 26 heavy (non-hydrogen) atoms. The van der Waals surface area contributed by atoms with Gasteiger partial charge in [0, 0.05) is 37.6 Å². The Labute approximate surface area is 150 Å². The average Bonchev–Trinajstić information content (AvgIpc) is 2.62. The van der Waals surface area contributed by atoms with Crippen molar-refractivity contribution in [1.82, 2.24) is 19.9 Å². The summed E-state index contributed by atoms with van der Waals surface area (Å²) in [5.74, 6) is 1.26. The van der Waals surface area contributed by atoms with E-state index in [1.54, 1.807) is 6.07 Å². The fourth-order valence-electron chi connectivity index (χ4n) is 3.15. The third-order valence-corrected chi connectivity index (χ3v) is 4.25. The first-order valence-electron chi connectivity index (χ1n) is 8.34. The minimum Gasteiger partial charge on any atom is -0.404 e. The van der Waals surface area contributed by atoms with Gasteiger partial charge in [-0.05, 0) is 18.4 Å². The first kappa shape index (κ1) is 18.1. The quantitative estimate of drug-likeness (QED) is 0.854. The van der Waals surface area contributed by atoms with Crippen LogP contribution in [0, 0.1) is 5.92 Å². The molecule has 0 radical (unpaired) electrons. The Bertz CT molecular complexity index is 786. The number of hydrogen-bond donors (Lipinski definition) is 2. The molecule has 0 aromatic carbocycles. The fourth-order valence-corrected chi connectivity index (χ4v) is 3.15. The van der Waals surface area contributed by atoms with Crippen molar-refractivity contribution in [3.05, 3.63) is 48.1 Å². The van der Waals surface area contributed by atoms with E-state index in [-0.39, 0.29) is 17.6 Å². The van der Waals surface area contributed by atoms with Gasteiger partial charge in [-0.25, -0.2) is 28.7 Å². The van der Waals surface area contributed by atoms with E-state index < -0.39 is 6.43 Å². The molecular formula is C17H21F2N7. The number of nitrogens with zero attached hydrogens (tertiary/aromatic N) is 5. The largest absolute Gasteiger partial charge is 0.404 e. The SMILES string of the molecule is CC1CC(N)CN(c2cc(/C(=C/N)c3nccc(C(F)F)n3)ncn2)C1. The van der Waals surface area contributed by atoms with Gasteiger partial charge in [0.1, 0.15) is 17.8 Å². The second kappa shape index (κ2) is 7.69. The normalized spacial score (nSPS) is 21.3. The highest BCUT2D eigenvalue weighted by Gasteiger charge is 2.24. The lowest BCUT2D eigenvalue weighted by Gasteiger charge is -2.35. The van der Waals surface area contributed by atoms with E-state index in [0.717, 1.165) is 13.0 Å². The number of rotatable bonds is 4. The Hall–Kier alpha value is -2.68. The van der Waals surface area contributed by atoms with E-state index in [9.17, 15) is 8.78 Å². The molecule has 0 bridgehead atoms. The van der Waals surface area contributed by atoms with Crippen molar-refractivity contribution in [3.8, 4) is 0 Å². The van der Waals surface area contributed by atoms with Gasteiger partial charge in [-0.2, -0.15) is 0 Å². The molecule has 1 saturated heterocycles. The molecule has 0 aliphatic carbocycles. The van der Waals surface area contributed by atoms with E-state index in [2.05, 4.69) is 31.8 Å². The Kier molecular flexibility index (Phi) is 5.36. The van der Waals surface area contributed by atoms with Gasteiger partial charge >= 0.3 is 0 Å². The molecule has 0 amide bonds. The summed E-state index contributed by atoms with van der Waals surface area (Å²) in [5, 5.41) is 0. The Morgan fingerprint density at radius 2 is 2.12 bits per heavy atom. The van der Waals surface area contributed by atoms with Gasteiger partial charge in [-0.15, -0.1) is 0 Å². The van der Waals surface area contributed by atoms with Crippen LogP contribution in [0.5, 0.6) is 0 Å². The molecule has 0 spiro atoms. The summed E-state index contributed by atoms with van der Waals surface area (Å²) < 4.78 is 25.8. The Morgan fingerprint density at radius 3 is 2.81 bits per heavy atom. The third kappa shape index (κ3) is 3.93. The average molecular weight is 361 g/mol. The smallest absolute Gasteiger partial charge is 0.280 e. The second-order valence-corrected chi connectivity index (χ2v) is 6.45. The maximum absolute atomic E-state index is 12.9. The van der Waals surface area contributed by atoms with E-state index in [4.69, 9.17) is 11.5 Å². The van der Waals surface area contributed by atoms with Crippen molar-refractivity contribution < 1.29 is 8.78 Å². The van der Waals surface area contributed by atoms with Gasteiger partial charge in [0.2, 0.25) is 0 Å². The van der Waals surface area contributed by atoms with Crippen molar-refractivity contribution in [2.24, 2.45) is 17.4 Å². The first-order chi connectivity index (χ1) is 12.5. The molecule has 4 N–H and O–H groups in total. The van der Waals surface area contributed by atoms with E-state index in [0.29, 0.717) is 29.5 Å². The third-order valence-electron chi connectivity index (χ3n) is 4.25. The standard InChI is InChI=1S/C17H21F2N7/c1-10-4-11(21)8-26(7-10)15-5-14(23-9-24-15)12(6-20)17-22-3-2-13(25-17)16(18)19/h2-3,5-6,9-11,16H,4,7-8,20-21H2,1H3/b12-6-. The molecule has 9 heteroatoms. The van der Waals surface area contributed by atoms with Crippen LogP contribution in [-0.2, 0) is 0 Å². The van der Waals surface area contributed by atoms with Gasteiger partial charge in [0.05, 0.1) is 11.3 Å². The maximum atomic E-state index is 12.9. The number of halogens is 2. The van der Waals surface area contributed by atoms with Crippen molar-refractivity contribution in [3.63, 3.8) is 0 Å². The molecule has 1 aliphatic rings. The van der Waals surface area contributed by atoms with Gasteiger partial charge < -0.3 is 16.4 Å². The lowest BCUT2D eigenvalue weighted by Crippen LogP contribution is -2.46. The zero-order valence-corrected chi connectivity index (χ0v) is 14.4. The lowest BCUT2D eigenvalue weighted by molar-refractivity contribution is 0.146. The maximum Gasteiger partial charge on any atom is 0.280 e. The van der Waals surface area contributed by atoms with Gasteiger partial charge in [-0.1, -0.05) is 6.92 Å². The molecular weight excluding hydrogens is 340 g/mol. The molecule has 1 aliphatic heterocycles. The van der Waals surface area contributed by atoms with Crippen LogP contribution in [0.3, 0.4) is 0 Å². The highest BCUT2D eigenvalue weighted by Crippen LogP contribution is 2.25. The molecule has 2 atom stereocenters. The van der Waals surface area contributed by atoms with Crippen LogP contribution >= 0.6 is 0 Å². The van der Waals surface area contributed by atoms with Gasteiger partial charge in [0.15, 0.2) is 5.82 Å². The summed E-state index contributed by atoms with van der Waals surface area (Å²) in [7, 11) is 0. The number of anilines is 1. The number of piperidine rings is 1. The van der Waals surface area contributed by atoms with Crippen LogP contribution < -0.4 is 16.4 Å². The van der Waals surface area contributed by atoms with E-state index in [1.807, 2.05) is 0 Å². The molecule has 2 unspecified atom stereocenters. The Balaban J connectivity index is 1.92. The number of aromatic nitrogens is 4. The van der Waals surface area contributed by atoms with Crippen LogP contribution in [0.2, 0.25) is 0 Å². The molecule has 138 valence electrons. The zero-order valence-electron chi connectivity index (χ0n) is 14.4. The van der Waals surface area contributed by atoms with Gasteiger partial charge in [-0.3, -0.25) is 0 Å². The van der Waals surface area contributed by atoms with Crippen molar-refractivity contribution >= 4 is 11.4 Å². The summed E-state index contributed by atoms with van der Waals surface area (Å²) in [6, 6.07) is 3.00. The minimum absolute atomic E-state index is 0.0766. The van der Waals surface area contributed by atoms with Crippen LogP contribution in [0.15, 0.2) is 30.9 Å². The predicted molar refractivity (Wildman–Crippen MR) is 94.3 cm³/mol. The summed E-state index contributed by atoms with van der Waals surface area (Å²) in [4.78, 5) is 18.6. The summed E-state index contributed by atoms with van der Waals surface area (Å²) in [5.41, 5.74) is 12.3. The molecule has 7 nitrogen and oxygen atoms in total.